The molecular formula is C32H27FN4O3S. The van der Waals surface area contributed by atoms with E-state index >= 15 is 0 Å². The number of halogens is 1. The Balaban J connectivity index is 1.54. The first kappa shape index (κ1) is 26.6. The Morgan fingerprint density at radius 3 is 2.63 bits per heavy atom. The fourth-order valence-corrected chi connectivity index (χ4v) is 6.19. The SMILES string of the molecule is Cc1cccc(-n2nc(-c3ccccc3)c3c2N(CC(=O)NCc2ccco2)C(=O)CSC3c2cccc(F)c2)c1. The number of carbonyl (C=O) groups excluding carboxylic acids is 2. The number of amides is 2. The molecule has 1 unspecified atom stereocenters. The van der Waals surface area contributed by atoms with E-state index in [1.165, 1.54) is 28.8 Å². The van der Waals surface area contributed by atoms with Gasteiger partial charge in [0.05, 0.1) is 35.2 Å². The maximum atomic E-state index is 14.5. The zero-order valence-electron chi connectivity index (χ0n) is 22.3. The van der Waals surface area contributed by atoms with Crippen LogP contribution < -0.4 is 10.2 Å². The molecule has 2 aromatic heterocycles. The average molecular weight is 567 g/mol. The van der Waals surface area contributed by atoms with Gasteiger partial charge in [-0.25, -0.2) is 9.07 Å². The molecule has 206 valence electrons. The number of hydrogen-bond acceptors (Lipinski definition) is 5. The van der Waals surface area contributed by atoms with E-state index in [1.807, 2.05) is 67.6 Å². The zero-order valence-corrected chi connectivity index (χ0v) is 23.1. The van der Waals surface area contributed by atoms with Gasteiger partial charge in [0.1, 0.15) is 23.9 Å². The van der Waals surface area contributed by atoms with Gasteiger partial charge in [-0.05, 0) is 54.4 Å². The summed E-state index contributed by atoms with van der Waals surface area (Å²) in [5.74, 6) is 0.265. The minimum absolute atomic E-state index is 0.101. The molecule has 7 nitrogen and oxygen atoms in total. The van der Waals surface area contributed by atoms with Gasteiger partial charge in [0.25, 0.3) is 0 Å². The van der Waals surface area contributed by atoms with Crippen molar-refractivity contribution in [2.45, 2.75) is 18.7 Å². The number of aromatic nitrogens is 2. The fraction of sp³-hybridized carbons (Fsp3) is 0.156. The maximum absolute atomic E-state index is 14.5. The normalized spacial score (nSPS) is 14.9. The van der Waals surface area contributed by atoms with Crippen LogP contribution in [0.5, 0.6) is 0 Å². The number of hydrogen-bond donors (Lipinski definition) is 1. The topological polar surface area (TPSA) is 80.4 Å². The van der Waals surface area contributed by atoms with Crippen LogP contribution in [0, 0.1) is 12.7 Å². The maximum Gasteiger partial charge on any atom is 0.240 e. The van der Waals surface area contributed by atoms with Crippen molar-refractivity contribution in [1.82, 2.24) is 15.1 Å². The van der Waals surface area contributed by atoms with E-state index in [0.717, 1.165) is 22.4 Å². The number of anilines is 1. The Morgan fingerprint density at radius 2 is 1.88 bits per heavy atom. The van der Waals surface area contributed by atoms with Crippen LogP contribution in [0.25, 0.3) is 16.9 Å². The van der Waals surface area contributed by atoms with E-state index < -0.39 is 5.25 Å². The Hall–Kier alpha value is -4.63. The summed E-state index contributed by atoms with van der Waals surface area (Å²) in [4.78, 5) is 28.5. The van der Waals surface area contributed by atoms with Gasteiger partial charge >= 0.3 is 0 Å². The summed E-state index contributed by atoms with van der Waals surface area (Å²) in [6.45, 7) is 1.97. The molecule has 3 aromatic carbocycles. The van der Waals surface area contributed by atoms with E-state index in [9.17, 15) is 14.0 Å². The summed E-state index contributed by atoms with van der Waals surface area (Å²) in [5.41, 5.74) is 4.76. The molecule has 0 radical (unpaired) electrons. The van der Waals surface area contributed by atoms with Crippen LogP contribution in [-0.2, 0) is 16.1 Å². The predicted octanol–water partition coefficient (Wildman–Crippen LogP) is 6.07. The molecule has 1 aliphatic heterocycles. The quantitative estimate of drug-likeness (QED) is 0.259. The highest BCUT2D eigenvalue weighted by Gasteiger charge is 2.37. The Labute approximate surface area is 241 Å². The highest BCUT2D eigenvalue weighted by molar-refractivity contribution is 8.00. The summed E-state index contributed by atoms with van der Waals surface area (Å²) >= 11 is 1.40. The molecule has 0 saturated heterocycles. The minimum Gasteiger partial charge on any atom is -0.467 e. The molecule has 0 saturated carbocycles. The van der Waals surface area contributed by atoms with Crippen molar-refractivity contribution < 1.29 is 18.4 Å². The van der Waals surface area contributed by atoms with Crippen LogP contribution in [0.15, 0.2) is 102 Å². The van der Waals surface area contributed by atoms with Gasteiger partial charge in [0.15, 0.2) is 0 Å². The van der Waals surface area contributed by atoms with E-state index in [-0.39, 0.29) is 36.5 Å². The second-order valence-electron chi connectivity index (χ2n) is 9.78. The van der Waals surface area contributed by atoms with Crippen LogP contribution in [0.2, 0.25) is 0 Å². The number of furan rings is 1. The van der Waals surface area contributed by atoms with E-state index in [0.29, 0.717) is 22.8 Å². The van der Waals surface area contributed by atoms with Gasteiger partial charge in [-0.2, -0.15) is 5.10 Å². The summed E-state index contributed by atoms with van der Waals surface area (Å²) in [6.07, 6.45) is 1.54. The largest absolute Gasteiger partial charge is 0.467 e. The third-order valence-electron chi connectivity index (χ3n) is 6.88. The first-order valence-corrected chi connectivity index (χ1v) is 14.2. The molecule has 1 atom stereocenters. The lowest BCUT2D eigenvalue weighted by Gasteiger charge is -2.23. The lowest BCUT2D eigenvalue weighted by atomic mass is 9.99. The molecule has 41 heavy (non-hydrogen) atoms. The van der Waals surface area contributed by atoms with Crippen molar-refractivity contribution in [3.8, 4) is 16.9 Å². The minimum atomic E-state index is -0.408. The van der Waals surface area contributed by atoms with Gasteiger partial charge < -0.3 is 9.73 Å². The van der Waals surface area contributed by atoms with E-state index in [2.05, 4.69) is 5.32 Å². The van der Waals surface area contributed by atoms with E-state index in [1.54, 1.807) is 29.1 Å². The van der Waals surface area contributed by atoms with Gasteiger partial charge in [-0.3, -0.25) is 14.5 Å². The van der Waals surface area contributed by atoms with Crippen molar-refractivity contribution in [3.63, 3.8) is 0 Å². The van der Waals surface area contributed by atoms with Crippen LogP contribution in [0.4, 0.5) is 10.2 Å². The highest BCUT2D eigenvalue weighted by Crippen LogP contribution is 2.48. The van der Waals surface area contributed by atoms with Gasteiger partial charge in [-0.15, -0.1) is 11.8 Å². The molecule has 1 aliphatic rings. The molecule has 0 spiro atoms. The number of nitrogens with one attached hydrogen (secondary N) is 1. The number of rotatable bonds is 7. The first-order chi connectivity index (χ1) is 20.0. The summed E-state index contributed by atoms with van der Waals surface area (Å²) in [6, 6.07) is 27.5. The lowest BCUT2D eigenvalue weighted by Crippen LogP contribution is -2.42. The predicted molar refractivity (Wildman–Crippen MR) is 157 cm³/mol. The van der Waals surface area contributed by atoms with Gasteiger partial charge in [-0.1, -0.05) is 54.6 Å². The lowest BCUT2D eigenvalue weighted by molar-refractivity contribution is -0.123. The standard InChI is InChI=1S/C32H27FN4O3S/c1-21-8-5-13-25(16-21)37-32-29(30(35-37)22-9-3-2-4-10-22)31(23-11-6-12-24(33)17-23)41-20-28(39)36(32)19-27(38)34-18-26-14-7-15-40-26/h2-17,31H,18-20H2,1H3,(H,34,38). The monoisotopic (exact) mass is 566 g/mol. The Bertz CT molecular complexity index is 1700. The molecule has 2 amide bonds. The number of aryl methyl sites for hydroxylation is 1. The molecule has 0 fully saturated rings. The van der Waals surface area contributed by atoms with Crippen molar-refractivity contribution in [3.05, 3.63) is 126 Å². The molecule has 6 rings (SSSR count). The Kier molecular flexibility index (Phi) is 7.43. The van der Waals surface area contributed by atoms with Crippen LogP contribution in [-0.4, -0.2) is 33.9 Å². The van der Waals surface area contributed by atoms with Crippen LogP contribution in [0.3, 0.4) is 0 Å². The Morgan fingerprint density at radius 1 is 1.05 bits per heavy atom. The molecule has 9 heteroatoms. The van der Waals surface area contributed by atoms with Gasteiger partial charge in [0, 0.05) is 11.1 Å². The molecule has 0 bridgehead atoms. The number of thioether (sulfide) groups is 1. The summed E-state index contributed by atoms with van der Waals surface area (Å²) < 4.78 is 21.6. The van der Waals surface area contributed by atoms with Crippen LogP contribution >= 0.6 is 11.8 Å². The summed E-state index contributed by atoms with van der Waals surface area (Å²) in [7, 11) is 0. The molecule has 1 N–H and O–H groups in total. The van der Waals surface area contributed by atoms with Crippen molar-refractivity contribution in [1.29, 1.82) is 0 Å². The molecular weight excluding hydrogens is 539 g/mol. The van der Waals surface area contributed by atoms with Crippen molar-refractivity contribution in [2.24, 2.45) is 0 Å². The van der Waals surface area contributed by atoms with Crippen molar-refractivity contribution in [2.75, 3.05) is 17.2 Å². The average Bonchev–Trinajstić information content (AvgIpc) is 3.61. The second-order valence-corrected chi connectivity index (χ2v) is 10.9. The number of benzene rings is 3. The smallest absolute Gasteiger partial charge is 0.240 e. The first-order valence-electron chi connectivity index (χ1n) is 13.2. The fourth-order valence-electron chi connectivity index (χ4n) is 5.00. The third kappa shape index (κ3) is 5.53. The number of fused-ring (bicyclic) bond motifs is 1. The third-order valence-corrected chi connectivity index (χ3v) is 8.13. The zero-order chi connectivity index (χ0) is 28.3. The second kappa shape index (κ2) is 11.5. The van der Waals surface area contributed by atoms with E-state index in [4.69, 9.17) is 9.52 Å². The summed E-state index contributed by atoms with van der Waals surface area (Å²) in [5, 5.41) is 7.50. The van der Waals surface area contributed by atoms with Gasteiger partial charge in [0.2, 0.25) is 11.8 Å². The molecule has 3 heterocycles. The van der Waals surface area contributed by atoms with Crippen LogP contribution in [0.1, 0.15) is 27.7 Å². The van der Waals surface area contributed by atoms with Crippen molar-refractivity contribution >= 4 is 29.4 Å². The number of nitrogens with zero attached hydrogens (tertiary/aromatic N) is 3. The molecule has 0 aliphatic carbocycles. The molecule has 5 aromatic rings. The highest BCUT2D eigenvalue weighted by atomic mass is 32.2. The number of carbonyl (C=O) groups is 2.